The third-order valence-corrected chi connectivity index (χ3v) is 5.60. The van der Waals surface area contributed by atoms with E-state index in [1.54, 1.807) is 24.0 Å². The lowest BCUT2D eigenvalue weighted by molar-refractivity contribution is 0.0643. The molecule has 0 aromatic heterocycles. The van der Waals surface area contributed by atoms with Gasteiger partial charge in [0.15, 0.2) is 0 Å². The van der Waals surface area contributed by atoms with Crippen LogP contribution in [-0.2, 0) is 10.0 Å². The summed E-state index contributed by atoms with van der Waals surface area (Å²) in [6.07, 6.45) is 1.19. The van der Waals surface area contributed by atoms with Gasteiger partial charge < -0.3 is 4.90 Å². The number of amides is 1. The summed E-state index contributed by atoms with van der Waals surface area (Å²) in [7, 11) is -3.23. The molecular weight excluding hydrogens is 312 g/mol. The fraction of sp³-hybridized carbons (Fsp3) is 0.500. The third-order valence-electron chi connectivity index (χ3n) is 3.70. The Morgan fingerprint density at radius 1 is 1.33 bits per heavy atom. The van der Waals surface area contributed by atoms with Crippen molar-refractivity contribution in [2.24, 2.45) is 0 Å². The van der Waals surface area contributed by atoms with E-state index in [4.69, 9.17) is 11.6 Å². The van der Waals surface area contributed by atoms with Gasteiger partial charge in [0.25, 0.3) is 5.91 Å². The van der Waals surface area contributed by atoms with Crippen LogP contribution in [0.5, 0.6) is 0 Å². The van der Waals surface area contributed by atoms with Crippen molar-refractivity contribution in [2.75, 3.05) is 25.9 Å². The molecule has 0 bridgehead atoms. The first-order valence-corrected chi connectivity index (χ1v) is 8.95. The number of piperazine rings is 1. The van der Waals surface area contributed by atoms with E-state index in [0.29, 0.717) is 30.2 Å². The van der Waals surface area contributed by atoms with Crippen molar-refractivity contribution in [3.63, 3.8) is 0 Å². The fourth-order valence-electron chi connectivity index (χ4n) is 2.60. The number of carbonyl (C=O) groups is 1. The van der Waals surface area contributed by atoms with E-state index in [1.807, 2.05) is 13.0 Å². The topological polar surface area (TPSA) is 57.7 Å². The second kappa shape index (κ2) is 5.94. The number of rotatable bonds is 2. The molecule has 0 radical (unpaired) electrons. The number of aryl methyl sites for hydroxylation is 1. The highest BCUT2D eigenvalue weighted by Crippen LogP contribution is 2.23. The zero-order valence-electron chi connectivity index (χ0n) is 12.3. The lowest BCUT2D eigenvalue weighted by Crippen LogP contribution is -2.55. The Hall–Kier alpha value is -1.11. The van der Waals surface area contributed by atoms with E-state index in [1.165, 1.54) is 10.6 Å². The first kappa shape index (κ1) is 16.3. The van der Waals surface area contributed by atoms with Crippen molar-refractivity contribution in [3.8, 4) is 0 Å². The van der Waals surface area contributed by atoms with Crippen LogP contribution in [0.25, 0.3) is 0 Å². The maximum absolute atomic E-state index is 12.5. The third kappa shape index (κ3) is 3.39. The molecule has 0 aliphatic carbocycles. The summed E-state index contributed by atoms with van der Waals surface area (Å²) in [6.45, 7) is 4.72. The highest BCUT2D eigenvalue weighted by Gasteiger charge is 2.32. The Labute approximate surface area is 130 Å². The number of halogens is 1. The van der Waals surface area contributed by atoms with E-state index < -0.39 is 10.0 Å². The molecule has 2 rings (SSSR count). The first-order valence-electron chi connectivity index (χ1n) is 6.73. The van der Waals surface area contributed by atoms with E-state index in [2.05, 4.69) is 0 Å². The van der Waals surface area contributed by atoms with Gasteiger partial charge in [0.1, 0.15) is 0 Å². The number of carbonyl (C=O) groups excluding carboxylic acids is 1. The summed E-state index contributed by atoms with van der Waals surface area (Å²) in [5.41, 5.74) is 1.32. The number of hydrogen-bond acceptors (Lipinski definition) is 3. The number of sulfonamides is 1. The number of nitrogens with zero attached hydrogens (tertiary/aromatic N) is 2. The summed E-state index contributed by atoms with van der Waals surface area (Å²) in [4.78, 5) is 14.2. The maximum Gasteiger partial charge on any atom is 0.255 e. The van der Waals surface area contributed by atoms with Crippen LogP contribution in [0.1, 0.15) is 22.8 Å². The Bertz CT molecular complexity index is 660. The summed E-state index contributed by atoms with van der Waals surface area (Å²) >= 11 is 6.19. The lowest BCUT2D eigenvalue weighted by atomic mass is 10.1. The highest BCUT2D eigenvalue weighted by atomic mass is 35.5. The van der Waals surface area contributed by atoms with Gasteiger partial charge in [-0.3, -0.25) is 4.79 Å². The van der Waals surface area contributed by atoms with Gasteiger partial charge >= 0.3 is 0 Å². The van der Waals surface area contributed by atoms with Crippen molar-refractivity contribution in [2.45, 2.75) is 19.9 Å². The van der Waals surface area contributed by atoms with Gasteiger partial charge in [-0.25, -0.2) is 8.42 Å². The van der Waals surface area contributed by atoms with Crippen molar-refractivity contribution in [3.05, 3.63) is 34.3 Å². The molecular formula is C14H19ClN2O3S. The SMILES string of the molecule is Cc1cccc(C(=O)N2CCN(S(C)(=O)=O)[C@@H](C)C2)c1Cl. The van der Waals surface area contributed by atoms with Crippen molar-refractivity contribution >= 4 is 27.5 Å². The fourth-order valence-corrected chi connectivity index (χ4v) is 3.94. The van der Waals surface area contributed by atoms with E-state index >= 15 is 0 Å². The van der Waals surface area contributed by atoms with Crippen LogP contribution in [0.2, 0.25) is 5.02 Å². The molecule has 7 heteroatoms. The summed E-state index contributed by atoms with van der Waals surface area (Å²) in [5, 5.41) is 0.459. The molecule has 1 saturated heterocycles. The summed E-state index contributed by atoms with van der Waals surface area (Å²) < 4.78 is 24.7. The van der Waals surface area contributed by atoms with Crippen LogP contribution in [0, 0.1) is 6.92 Å². The molecule has 1 aromatic rings. The van der Waals surface area contributed by atoms with Crippen LogP contribution in [0.3, 0.4) is 0 Å². The second-order valence-electron chi connectivity index (χ2n) is 5.41. The Balaban J connectivity index is 2.18. The van der Waals surface area contributed by atoms with Crippen molar-refractivity contribution < 1.29 is 13.2 Å². The standard InChI is InChI=1S/C14H19ClN2O3S/c1-10-5-4-6-12(13(10)15)14(18)16-7-8-17(11(2)9-16)21(3,19)20/h4-6,11H,7-9H2,1-3H3/t11-/m0/s1. The van der Waals surface area contributed by atoms with Gasteiger partial charge in [-0.15, -0.1) is 0 Å². The second-order valence-corrected chi connectivity index (χ2v) is 7.72. The van der Waals surface area contributed by atoms with Gasteiger partial charge in [-0.2, -0.15) is 4.31 Å². The molecule has 1 fully saturated rings. The lowest BCUT2D eigenvalue weighted by Gasteiger charge is -2.38. The quantitative estimate of drug-likeness (QED) is 0.830. The zero-order chi connectivity index (χ0) is 15.8. The Morgan fingerprint density at radius 3 is 2.57 bits per heavy atom. The predicted octanol–water partition coefficient (Wildman–Crippen LogP) is 1.75. The number of benzene rings is 1. The molecule has 0 unspecified atom stereocenters. The van der Waals surface area contributed by atoms with Crippen LogP contribution in [-0.4, -0.2) is 55.5 Å². The van der Waals surface area contributed by atoms with Crippen LogP contribution in [0.15, 0.2) is 18.2 Å². The normalized spacial score (nSPS) is 20.6. The van der Waals surface area contributed by atoms with Crippen LogP contribution >= 0.6 is 11.6 Å². The summed E-state index contributed by atoms with van der Waals surface area (Å²) in [5.74, 6) is -0.149. The van der Waals surface area contributed by atoms with E-state index in [-0.39, 0.29) is 11.9 Å². The minimum absolute atomic E-state index is 0.149. The first-order chi connectivity index (χ1) is 9.71. The molecule has 1 aromatic carbocycles. The van der Waals surface area contributed by atoms with Crippen molar-refractivity contribution in [1.82, 2.24) is 9.21 Å². The van der Waals surface area contributed by atoms with Gasteiger partial charge in [0.05, 0.1) is 16.8 Å². The maximum atomic E-state index is 12.5. The Kier molecular flexibility index (Phi) is 4.60. The van der Waals surface area contributed by atoms with Gasteiger partial charge in [0, 0.05) is 25.7 Å². The minimum Gasteiger partial charge on any atom is -0.336 e. The van der Waals surface area contributed by atoms with Gasteiger partial charge in [-0.1, -0.05) is 23.7 Å². The minimum atomic E-state index is -3.23. The van der Waals surface area contributed by atoms with Crippen LogP contribution in [0.4, 0.5) is 0 Å². The molecule has 1 amide bonds. The van der Waals surface area contributed by atoms with Crippen molar-refractivity contribution in [1.29, 1.82) is 0 Å². The molecule has 0 spiro atoms. The molecule has 1 aliphatic heterocycles. The molecule has 0 N–H and O–H groups in total. The van der Waals surface area contributed by atoms with Gasteiger partial charge in [0.2, 0.25) is 10.0 Å². The van der Waals surface area contributed by atoms with E-state index in [0.717, 1.165) is 5.56 Å². The van der Waals surface area contributed by atoms with E-state index in [9.17, 15) is 13.2 Å². The van der Waals surface area contributed by atoms with Gasteiger partial charge in [-0.05, 0) is 25.5 Å². The Morgan fingerprint density at radius 2 is 2.00 bits per heavy atom. The zero-order valence-corrected chi connectivity index (χ0v) is 13.9. The monoisotopic (exact) mass is 330 g/mol. The molecule has 116 valence electrons. The average Bonchev–Trinajstić information content (AvgIpc) is 2.39. The molecule has 5 nitrogen and oxygen atoms in total. The molecule has 21 heavy (non-hydrogen) atoms. The molecule has 1 heterocycles. The molecule has 1 atom stereocenters. The molecule has 1 aliphatic rings. The number of hydrogen-bond donors (Lipinski definition) is 0. The average molecular weight is 331 g/mol. The highest BCUT2D eigenvalue weighted by molar-refractivity contribution is 7.88. The molecule has 0 saturated carbocycles. The summed E-state index contributed by atoms with van der Waals surface area (Å²) in [6, 6.07) is 5.11. The predicted molar refractivity (Wildman–Crippen MR) is 83.1 cm³/mol. The largest absolute Gasteiger partial charge is 0.336 e. The smallest absolute Gasteiger partial charge is 0.255 e. The van der Waals surface area contributed by atoms with Crippen LogP contribution < -0.4 is 0 Å².